The van der Waals surface area contributed by atoms with Gasteiger partial charge in [-0.3, -0.25) is 0 Å². The highest BCUT2D eigenvalue weighted by molar-refractivity contribution is 4.75. The number of hydrogen-bond acceptors (Lipinski definition) is 2. The maximum absolute atomic E-state index is 8.32. The minimum atomic E-state index is 0.218. The Labute approximate surface area is 56.1 Å². The Morgan fingerprint density at radius 2 is 2.33 bits per heavy atom. The maximum atomic E-state index is 8.32. The van der Waals surface area contributed by atoms with E-state index in [2.05, 4.69) is 0 Å². The molecule has 54 valence electrons. The Morgan fingerprint density at radius 3 is 2.89 bits per heavy atom. The molecule has 2 nitrogen and oxygen atoms in total. The monoisotopic (exact) mass is 130 g/mol. The summed E-state index contributed by atoms with van der Waals surface area (Å²) in [6.07, 6.45) is 4.62. The van der Waals surface area contributed by atoms with Crippen LogP contribution >= 0.6 is 0 Å². The molecule has 0 aliphatic rings. The summed E-state index contributed by atoms with van der Waals surface area (Å²) in [6, 6.07) is 0. The van der Waals surface area contributed by atoms with E-state index in [9.17, 15) is 0 Å². The maximum Gasteiger partial charge on any atom is 0.0647 e. The molecule has 0 aromatic carbocycles. The topological polar surface area (TPSA) is 29.5 Å². The summed E-state index contributed by atoms with van der Waals surface area (Å²) in [5.74, 6) is 0. The lowest BCUT2D eigenvalue weighted by atomic mass is 10.5. The quantitative estimate of drug-likeness (QED) is 0.443. The highest BCUT2D eigenvalue weighted by Crippen LogP contribution is 1.81. The fourth-order valence-corrected chi connectivity index (χ4v) is 0.414. The van der Waals surface area contributed by atoms with Crippen LogP contribution in [-0.2, 0) is 4.74 Å². The summed E-state index contributed by atoms with van der Waals surface area (Å²) < 4.78 is 5.07. The third kappa shape index (κ3) is 7.66. The number of rotatable bonds is 5. The van der Waals surface area contributed by atoms with Crippen LogP contribution in [0.5, 0.6) is 0 Å². The van der Waals surface area contributed by atoms with Crippen molar-refractivity contribution >= 4 is 0 Å². The highest BCUT2D eigenvalue weighted by atomic mass is 16.5. The first-order valence-electron chi connectivity index (χ1n) is 3.21. The molecule has 0 spiro atoms. The zero-order valence-corrected chi connectivity index (χ0v) is 5.84. The second kappa shape index (κ2) is 7.66. The van der Waals surface area contributed by atoms with Gasteiger partial charge in [-0.15, -0.1) is 0 Å². The van der Waals surface area contributed by atoms with Crippen molar-refractivity contribution in [3.05, 3.63) is 12.2 Å². The Morgan fingerprint density at radius 1 is 1.56 bits per heavy atom. The highest BCUT2D eigenvalue weighted by Gasteiger charge is 1.81. The SMILES string of the molecule is CC=CCOCCCO. The average Bonchev–Trinajstić information content (AvgIpc) is 1.89. The Bertz CT molecular complexity index is 69.3. The molecule has 0 rings (SSSR count). The van der Waals surface area contributed by atoms with E-state index in [-0.39, 0.29) is 6.61 Å². The molecule has 0 fully saturated rings. The first kappa shape index (κ1) is 8.66. The van der Waals surface area contributed by atoms with E-state index in [0.29, 0.717) is 13.2 Å². The van der Waals surface area contributed by atoms with E-state index in [4.69, 9.17) is 9.84 Å². The van der Waals surface area contributed by atoms with Gasteiger partial charge >= 0.3 is 0 Å². The molecule has 0 aromatic heterocycles. The Kier molecular flexibility index (Phi) is 7.37. The van der Waals surface area contributed by atoms with Crippen LogP contribution in [0.2, 0.25) is 0 Å². The first-order chi connectivity index (χ1) is 4.41. The van der Waals surface area contributed by atoms with Gasteiger partial charge in [0.2, 0.25) is 0 Å². The van der Waals surface area contributed by atoms with Gasteiger partial charge in [0, 0.05) is 13.2 Å². The van der Waals surface area contributed by atoms with Crippen molar-refractivity contribution in [1.29, 1.82) is 0 Å². The van der Waals surface area contributed by atoms with Crippen LogP contribution in [0.1, 0.15) is 13.3 Å². The molecule has 0 saturated carbocycles. The van der Waals surface area contributed by atoms with Gasteiger partial charge in [0.1, 0.15) is 0 Å². The zero-order chi connectivity index (χ0) is 6.95. The second-order valence-electron chi connectivity index (χ2n) is 1.72. The van der Waals surface area contributed by atoms with Crippen molar-refractivity contribution in [3.8, 4) is 0 Å². The number of ether oxygens (including phenoxy) is 1. The summed E-state index contributed by atoms with van der Waals surface area (Å²) in [4.78, 5) is 0. The van der Waals surface area contributed by atoms with Crippen LogP contribution < -0.4 is 0 Å². The van der Waals surface area contributed by atoms with Gasteiger partial charge in [0.25, 0.3) is 0 Å². The molecule has 2 heteroatoms. The average molecular weight is 130 g/mol. The number of allylic oxidation sites excluding steroid dienone is 1. The van der Waals surface area contributed by atoms with Crippen LogP contribution in [0, 0.1) is 0 Å². The molecule has 0 aliphatic carbocycles. The van der Waals surface area contributed by atoms with Gasteiger partial charge in [-0.05, 0) is 13.3 Å². The summed E-state index contributed by atoms with van der Waals surface area (Å²) in [7, 11) is 0. The normalized spacial score (nSPS) is 10.9. The van der Waals surface area contributed by atoms with Crippen molar-refractivity contribution in [3.63, 3.8) is 0 Å². The third-order valence-corrected chi connectivity index (χ3v) is 0.897. The number of aliphatic hydroxyl groups is 1. The number of hydrogen-bond donors (Lipinski definition) is 1. The summed E-state index contributed by atoms with van der Waals surface area (Å²) in [5.41, 5.74) is 0. The molecule has 0 unspecified atom stereocenters. The Balaban J connectivity index is 2.75. The summed E-state index contributed by atoms with van der Waals surface area (Å²) in [6.45, 7) is 3.49. The fraction of sp³-hybridized carbons (Fsp3) is 0.714. The molecule has 0 atom stereocenters. The standard InChI is InChI=1S/C7H14O2/c1-2-3-6-9-7-4-5-8/h2-3,8H,4-7H2,1H3. The van der Waals surface area contributed by atoms with E-state index in [1.165, 1.54) is 0 Å². The molecular formula is C7H14O2. The van der Waals surface area contributed by atoms with Crippen molar-refractivity contribution < 1.29 is 9.84 Å². The van der Waals surface area contributed by atoms with Gasteiger partial charge in [0.15, 0.2) is 0 Å². The van der Waals surface area contributed by atoms with Crippen molar-refractivity contribution in [1.82, 2.24) is 0 Å². The second-order valence-corrected chi connectivity index (χ2v) is 1.72. The van der Waals surface area contributed by atoms with Gasteiger partial charge in [-0.2, -0.15) is 0 Å². The minimum absolute atomic E-state index is 0.218. The van der Waals surface area contributed by atoms with E-state index in [1.807, 2.05) is 19.1 Å². The third-order valence-electron chi connectivity index (χ3n) is 0.897. The van der Waals surface area contributed by atoms with Crippen LogP contribution in [-0.4, -0.2) is 24.9 Å². The van der Waals surface area contributed by atoms with Gasteiger partial charge in [-0.1, -0.05) is 12.2 Å². The first-order valence-corrected chi connectivity index (χ1v) is 3.21. The van der Waals surface area contributed by atoms with Crippen LogP contribution in [0.15, 0.2) is 12.2 Å². The Hall–Kier alpha value is -0.340. The summed E-state index contributed by atoms with van der Waals surface area (Å²) >= 11 is 0. The molecule has 1 N–H and O–H groups in total. The molecular weight excluding hydrogens is 116 g/mol. The van der Waals surface area contributed by atoms with Crippen LogP contribution in [0.4, 0.5) is 0 Å². The van der Waals surface area contributed by atoms with Crippen molar-refractivity contribution in [2.75, 3.05) is 19.8 Å². The molecule has 0 aromatic rings. The van der Waals surface area contributed by atoms with Crippen molar-refractivity contribution in [2.24, 2.45) is 0 Å². The predicted molar refractivity (Wildman–Crippen MR) is 37.3 cm³/mol. The lowest BCUT2D eigenvalue weighted by Crippen LogP contribution is -1.96. The predicted octanol–water partition coefficient (Wildman–Crippen LogP) is 0.962. The van der Waals surface area contributed by atoms with E-state index in [1.54, 1.807) is 0 Å². The van der Waals surface area contributed by atoms with Gasteiger partial charge in [0.05, 0.1) is 6.61 Å². The van der Waals surface area contributed by atoms with E-state index >= 15 is 0 Å². The van der Waals surface area contributed by atoms with Crippen molar-refractivity contribution in [2.45, 2.75) is 13.3 Å². The largest absolute Gasteiger partial charge is 0.396 e. The molecule has 9 heavy (non-hydrogen) atoms. The summed E-state index contributed by atoms with van der Waals surface area (Å²) in [5, 5.41) is 8.32. The number of aliphatic hydroxyl groups excluding tert-OH is 1. The molecule has 0 radical (unpaired) electrons. The molecule has 0 bridgehead atoms. The lowest BCUT2D eigenvalue weighted by molar-refractivity contribution is 0.139. The zero-order valence-electron chi connectivity index (χ0n) is 5.84. The minimum Gasteiger partial charge on any atom is -0.396 e. The molecule has 0 saturated heterocycles. The smallest absolute Gasteiger partial charge is 0.0647 e. The molecule has 0 heterocycles. The van der Waals surface area contributed by atoms with E-state index in [0.717, 1.165) is 6.42 Å². The molecule has 0 amide bonds. The van der Waals surface area contributed by atoms with Gasteiger partial charge < -0.3 is 9.84 Å². The van der Waals surface area contributed by atoms with Gasteiger partial charge in [-0.25, -0.2) is 0 Å². The van der Waals surface area contributed by atoms with Crippen LogP contribution in [0.3, 0.4) is 0 Å². The lowest BCUT2D eigenvalue weighted by Gasteiger charge is -1.96. The van der Waals surface area contributed by atoms with E-state index < -0.39 is 0 Å². The fourth-order valence-electron chi connectivity index (χ4n) is 0.414. The molecule has 0 aliphatic heterocycles. The van der Waals surface area contributed by atoms with Crippen LogP contribution in [0.25, 0.3) is 0 Å².